The molecule has 126 valence electrons. The van der Waals surface area contributed by atoms with Crippen molar-refractivity contribution in [3.8, 4) is 0 Å². The van der Waals surface area contributed by atoms with Crippen molar-refractivity contribution in [1.29, 1.82) is 0 Å². The van der Waals surface area contributed by atoms with Gasteiger partial charge in [-0.1, -0.05) is 11.6 Å². The van der Waals surface area contributed by atoms with Crippen LogP contribution in [0.5, 0.6) is 0 Å². The van der Waals surface area contributed by atoms with Crippen LogP contribution in [0, 0.1) is 5.92 Å². The van der Waals surface area contributed by atoms with Gasteiger partial charge in [-0.05, 0) is 45.6 Å². The van der Waals surface area contributed by atoms with Crippen LogP contribution in [0.2, 0.25) is 5.15 Å². The van der Waals surface area contributed by atoms with Gasteiger partial charge in [0.25, 0.3) is 5.91 Å². The largest absolute Gasteiger partial charge is 0.481 e. The molecule has 0 spiro atoms. The smallest absolute Gasteiger partial charge is 0.306 e. The Bertz CT molecular complexity index is 584. The molecule has 0 aromatic carbocycles. The number of carboxylic acid groups (broad SMARTS) is 1. The molecule has 0 saturated heterocycles. The summed E-state index contributed by atoms with van der Waals surface area (Å²) in [6.07, 6.45) is 4.01. The molecule has 0 radical (unpaired) electrons. The Labute approximate surface area is 140 Å². The van der Waals surface area contributed by atoms with Crippen molar-refractivity contribution in [3.05, 3.63) is 23.0 Å². The van der Waals surface area contributed by atoms with Crippen LogP contribution in [0.25, 0.3) is 0 Å². The van der Waals surface area contributed by atoms with Crippen LogP contribution in [0.3, 0.4) is 0 Å². The van der Waals surface area contributed by atoms with Gasteiger partial charge in [0.05, 0.1) is 17.2 Å². The van der Waals surface area contributed by atoms with E-state index in [9.17, 15) is 9.59 Å². The zero-order valence-corrected chi connectivity index (χ0v) is 14.1. The Hall–Kier alpha value is -1.82. The normalized spacial score (nSPS) is 21.0. The average molecular weight is 340 g/mol. The molecule has 1 amide bonds. The number of hydrogen-bond acceptors (Lipinski definition) is 4. The highest BCUT2D eigenvalue weighted by atomic mass is 35.5. The molecular weight excluding hydrogens is 318 g/mol. The number of nitrogens with zero attached hydrogens (tertiary/aromatic N) is 1. The molecule has 7 heteroatoms. The van der Waals surface area contributed by atoms with Crippen molar-refractivity contribution in [2.45, 2.75) is 51.6 Å². The summed E-state index contributed by atoms with van der Waals surface area (Å²) in [6, 6.07) is 1.80. The first-order chi connectivity index (χ1) is 10.9. The highest BCUT2D eigenvalue weighted by Gasteiger charge is 2.27. The first-order valence-corrected chi connectivity index (χ1v) is 8.20. The van der Waals surface area contributed by atoms with Gasteiger partial charge in [-0.2, -0.15) is 0 Å². The molecule has 23 heavy (non-hydrogen) atoms. The number of rotatable bonds is 5. The predicted octanol–water partition coefficient (Wildman–Crippen LogP) is 2.93. The molecule has 2 rings (SSSR count). The third-order valence-corrected chi connectivity index (χ3v) is 4.18. The number of halogens is 1. The lowest BCUT2D eigenvalue weighted by Crippen LogP contribution is -2.39. The fourth-order valence-corrected chi connectivity index (χ4v) is 2.95. The highest BCUT2D eigenvalue weighted by Crippen LogP contribution is 2.25. The van der Waals surface area contributed by atoms with Crippen LogP contribution in [-0.4, -0.2) is 34.1 Å². The molecule has 3 N–H and O–H groups in total. The molecule has 1 heterocycles. The summed E-state index contributed by atoms with van der Waals surface area (Å²) in [5, 5.41) is 15.5. The number of aromatic nitrogens is 1. The van der Waals surface area contributed by atoms with E-state index < -0.39 is 5.97 Å². The molecule has 6 nitrogen and oxygen atoms in total. The van der Waals surface area contributed by atoms with Gasteiger partial charge in [0.2, 0.25) is 0 Å². The third kappa shape index (κ3) is 4.82. The SMILES string of the molecule is CC(C)Nc1cc(Cl)ncc1C(=O)NC1CCC(C(=O)O)CC1. The number of nitrogens with one attached hydrogen (secondary N) is 2. The molecule has 1 aromatic heterocycles. The first kappa shape index (κ1) is 17.5. The van der Waals surface area contributed by atoms with E-state index in [1.807, 2.05) is 13.8 Å². The van der Waals surface area contributed by atoms with Crippen LogP contribution >= 0.6 is 11.6 Å². The molecule has 1 aromatic rings. The van der Waals surface area contributed by atoms with E-state index in [0.29, 0.717) is 42.1 Å². The van der Waals surface area contributed by atoms with Crippen molar-refractivity contribution >= 4 is 29.2 Å². The van der Waals surface area contributed by atoms with Crippen molar-refractivity contribution in [3.63, 3.8) is 0 Å². The molecule has 1 aliphatic carbocycles. The fourth-order valence-electron chi connectivity index (χ4n) is 2.79. The Morgan fingerprint density at radius 1 is 1.30 bits per heavy atom. The van der Waals surface area contributed by atoms with Gasteiger partial charge in [-0.15, -0.1) is 0 Å². The molecule has 0 unspecified atom stereocenters. The zero-order chi connectivity index (χ0) is 17.0. The van der Waals surface area contributed by atoms with E-state index in [2.05, 4.69) is 15.6 Å². The Morgan fingerprint density at radius 2 is 1.96 bits per heavy atom. The number of anilines is 1. The van der Waals surface area contributed by atoms with E-state index in [0.717, 1.165) is 0 Å². The summed E-state index contributed by atoms with van der Waals surface area (Å²) in [5.74, 6) is -1.25. The number of pyridine rings is 1. The second-order valence-electron chi connectivity index (χ2n) is 6.21. The number of hydrogen-bond donors (Lipinski definition) is 3. The van der Waals surface area contributed by atoms with Crippen molar-refractivity contribution in [2.75, 3.05) is 5.32 Å². The number of amides is 1. The number of aliphatic carboxylic acids is 1. The van der Waals surface area contributed by atoms with Crippen molar-refractivity contribution in [1.82, 2.24) is 10.3 Å². The maximum atomic E-state index is 12.5. The minimum atomic E-state index is -0.750. The summed E-state index contributed by atoms with van der Waals surface area (Å²) in [4.78, 5) is 27.4. The monoisotopic (exact) mass is 339 g/mol. The van der Waals surface area contributed by atoms with Gasteiger partial charge in [-0.25, -0.2) is 4.98 Å². The van der Waals surface area contributed by atoms with Gasteiger partial charge < -0.3 is 15.7 Å². The van der Waals surface area contributed by atoms with E-state index in [-0.39, 0.29) is 23.9 Å². The summed E-state index contributed by atoms with van der Waals surface area (Å²) in [7, 11) is 0. The second kappa shape index (κ2) is 7.64. The van der Waals surface area contributed by atoms with E-state index >= 15 is 0 Å². The second-order valence-corrected chi connectivity index (χ2v) is 6.60. The van der Waals surface area contributed by atoms with Gasteiger partial charge in [0.15, 0.2) is 0 Å². The first-order valence-electron chi connectivity index (χ1n) is 7.82. The molecule has 0 bridgehead atoms. The molecule has 0 aliphatic heterocycles. The van der Waals surface area contributed by atoms with Gasteiger partial charge in [-0.3, -0.25) is 9.59 Å². The molecule has 1 saturated carbocycles. The van der Waals surface area contributed by atoms with Crippen molar-refractivity contribution in [2.24, 2.45) is 5.92 Å². The summed E-state index contributed by atoms with van der Waals surface area (Å²) < 4.78 is 0. The minimum absolute atomic E-state index is 0.000628. The van der Waals surface area contributed by atoms with Gasteiger partial charge in [0, 0.05) is 18.3 Å². The molecule has 1 aliphatic rings. The Balaban J connectivity index is 2.02. The van der Waals surface area contributed by atoms with E-state index in [4.69, 9.17) is 16.7 Å². The summed E-state index contributed by atoms with van der Waals surface area (Å²) >= 11 is 5.90. The van der Waals surface area contributed by atoms with Crippen molar-refractivity contribution < 1.29 is 14.7 Å². The van der Waals surface area contributed by atoms with Crippen LogP contribution in [0.15, 0.2) is 12.3 Å². The predicted molar refractivity (Wildman–Crippen MR) is 88.9 cm³/mol. The van der Waals surface area contributed by atoms with Crippen LogP contribution in [-0.2, 0) is 4.79 Å². The maximum Gasteiger partial charge on any atom is 0.306 e. The van der Waals surface area contributed by atoms with Crippen LogP contribution < -0.4 is 10.6 Å². The number of carbonyl (C=O) groups excluding carboxylic acids is 1. The lowest BCUT2D eigenvalue weighted by atomic mass is 9.86. The highest BCUT2D eigenvalue weighted by molar-refractivity contribution is 6.29. The third-order valence-electron chi connectivity index (χ3n) is 3.97. The van der Waals surface area contributed by atoms with Crippen LogP contribution in [0.4, 0.5) is 5.69 Å². The molecule has 1 fully saturated rings. The van der Waals surface area contributed by atoms with E-state index in [1.165, 1.54) is 6.20 Å². The summed E-state index contributed by atoms with van der Waals surface area (Å²) in [5.41, 5.74) is 1.10. The lowest BCUT2D eigenvalue weighted by molar-refractivity contribution is -0.142. The molecular formula is C16H22ClN3O3. The van der Waals surface area contributed by atoms with E-state index in [1.54, 1.807) is 6.07 Å². The summed E-state index contributed by atoms with van der Waals surface area (Å²) in [6.45, 7) is 3.95. The number of carboxylic acids is 1. The topological polar surface area (TPSA) is 91.3 Å². The lowest BCUT2D eigenvalue weighted by Gasteiger charge is -2.27. The standard InChI is InChI=1S/C16H22ClN3O3/c1-9(2)19-13-7-14(17)18-8-12(13)15(21)20-11-5-3-10(4-6-11)16(22)23/h7-11H,3-6H2,1-2H3,(H,18,19)(H,20,21)(H,22,23). The Morgan fingerprint density at radius 3 is 2.52 bits per heavy atom. The fraction of sp³-hybridized carbons (Fsp3) is 0.562. The van der Waals surface area contributed by atoms with Crippen LogP contribution in [0.1, 0.15) is 49.9 Å². The molecule has 0 atom stereocenters. The van der Waals surface area contributed by atoms with Gasteiger partial charge in [0.1, 0.15) is 5.15 Å². The zero-order valence-electron chi connectivity index (χ0n) is 13.3. The average Bonchev–Trinajstić information content (AvgIpc) is 2.47. The number of carbonyl (C=O) groups is 2. The Kier molecular flexibility index (Phi) is 5.82. The van der Waals surface area contributed by atoms with Gasteiger partial charge >= 0.3 is 5.97 Å². The quantitative estimate of drug-likeness (QED) is 0.717. The maximum absolute atomic E-state index is 12.5. The minimum Gasteiger partial charge on any atom is -0.481 e.